The quantitative estimate of drug-likeness (QED) is 0.516. The number of thioether (sulfide) groups is 2. The highest BCUT2D eigenvalue weighted by Gasteiger charge is 2.26. The molecule has 0 spiro atoms. The van der Waals surface area contributed by atoms with Gasteiger partial charge in [-0.3, -0.25) is 4.79 Å². The summed E-state index contributed by atoms with van der Waals surface area (Å²) in [6.45, 7) is 4.08. The summed E-state index contributed by atoms with van der Waals surface area (Å²) in [4.78, 5) is 12.5. The first-order chi connectivity index (χ1) is 13.5. The lowest BCUT2D eigenvalue weighted by Crippen LogP contribution is -2.27. The number of halogens is 1. The largest absolute Gasteiger partial charge is 0.325 e. The van der Waals surface area contributed by atoms with Gasteiger partial charge in [-0.1, -0.05) is 60.8 Å². The van der Waals surface area contributed by atoms with E-state index >= 15 is 0 Å². The molecule has 28 heavy (non-hydrogen) atoms. The molecular weight excluding hydrogens is 406 g/mol. The lowest BCUT2D eigenvalue weighted by Gasteiger charge is -2.30. The Morgan fingerprint density at radius 1 is 1.00 bits per heavy atom. The van der Waals surface area contributed by atoms with E-state index < -0.39 is 0 Å². The molecular formula is C23H28ClNOS2. The van der Waals surface area contributed by atoms with Crippen LogP contribution in [0.2, 0.25) is 5.02 Å². The molecule has 1 N–H and O–H groups in total. The van der Waals surface area contributed by atoms with E-state index in [1.165, 1.54) is 31.2 Å². The van der Waals surface area contributed by atoms with Crippen LogP contribution in [0.3, 0.4) is 0 Å². The minimum Gasteiger partial charge on any atom is -0.325 e. The van der Waals surface area contributed by atoms with E-state index in [1.807, 2.05) is 73.8 Å². The van der Waals surface area contributed by atoms with Gasteiger partial charge in [0.25, 0.3) is 0 Å². The van der Waals surface area contributed by atoms with Crippen molar-refractivity contribution in [2.24, 2.45) is 0 Å². The second-order valence-electron chi connectivity index (χ2n) is 7.39. The number of hydrogen-bond acceptors (Lipinski definition) is 3. The summed E-state index contributed by atoms with van der Waals surface area (Å²) in [5.74, 6) is 1.56. The minimum atomic E-state index is 0.0998. The third-order valence-corrected chi connectivity index (χ3v) is 8.66. The summed E-state index contributed by atoms with van der Waals surface area (Å²) in [6, 6.07) is 14.2. The fraction of sp³-hybridized carbons (Fsp3) is 0.435. The zero-order valence-corrected chi connectivity index (χ0v) is 18.9. The lowest BCUT2D eigenvalue weighted by atomic mass is 10.00. The first-order valence-electron chi connectivity index (χ1n) is 9.87. The van der Waals surface area contributed by atoms with E-state index in [1.54, 1.807) is 0 Å². The van der Waals surface area contributed by atoms with Gasteiger partial charge in [-0.15, -0.1) is 11.8 Å². The molecule has 1 aliphatic carbocycles. The van der Waals surface area contributed by atoms with E-state index in [4.69, 9.17) is 11.6 Å². The van der Waals surface area contributed by atoms with Crippen molar-refractivity contribution >= 4 is 46.7 Å². The van der Waals surface area contributed by atoms with Crippen LogP contribution in [0.25, 0.3) is 0 Å². The van der Waals surface area contributed by atoms with E-state index in [2.05, 4.69) is 11.4 Å². The summed E-state index contributed by atoms with van der Waals surface area (Å²) in [5, 5.41) is 5.08. The van der Waals surface area contributed by atoms with E-state index in [0.717, 1.165) is 27.6 Å². The number of carbonyl (C=O) groups excluding carboxylic acids is 1. The van der Waals surface area contributed by atoms with Gasteiger partial charge >= 0.3 is 0 Å². The highest BCUT2D eigenvalue weighted by molar-refractivity contribution is 8.03. The summed E-state index contributed by atoms with van der Waals surface area (Å²) < 4.78 is 0. The Morgan fingerprint density at radius 2 is 1.64 bits per heavy atom. The molecule has 1 saturated carbocycles. The molecule has 3 rings (SSSR count). The van der Waals surface area contributed by atoms with Crippen molar-refractivity contribution in [3.8, 4) is 0 Å². The van der Waals surface area contributed by atoms with Gasteiger partial charge < -0.3 is 5.32 Å². The van der Waals surface area contributed by atoms with Crippen molar-refractivity contribution in [1.82, 2.24) is 0 Å². The molecule has 1 amide bonds. The number of carbonyl (C=O) groups is 1. The average molecular weight is 434 g/mol. The van der Waals surface area contributed by atoms with Gasteiger partial charge in [-0.2, -0.15) is 11.8 Å². The normalized spacial score (nSPS) is 19.4. The Bertz CT molecular complexity index is 791. The monoisotopic (exact) mass is 433 g/mol. The smallest absolute Gasteiger partial charge is 0.234 e. The molecule has 2 aromatic carbocycles. The van der Waals surface area contributed by atoms with Gasteiger partial charge in [-0.05, 0) is 49.4 Å². The number of hydrogen-bond donors (Lipinski definition) is 1. The van der Waals surface area contributed by atoms with Crippen molar-refractivity contribution < 1.29 is 4.79 Å². The fourth-order valence-corrected chi connectivity index (χ4v) is 6.83. The third kappa shape index (κ3) is 5.95. The predicted molar refractivity (Wildman–Crippen MR) is 126 cm³/mol. The van der Waals surface area contributed by atoms with Crippen molar-refractivity contribution in [2.45, 2.75) is 55.8 Å². The second kappa shape index (κ2) is 10.6. The minimum absolute atomic E-state index is 0.0998. The first-order valence-corrected chi connectivity index (χ1v) is 12.3. The van der Waals surface area contributed by atoms with Gasteiger partial charge in [0, 0.05) is 27.0 Å². The van der Waals surface area contributed by atoms with E-state index in [0.29, 0.717) is 16.3 Å². The molecule has 0 unspecified atom stereocenters. The SMILES string of the molecule is Cc1cccc(C)c1NC(=O)CS[C@@H]1CCCC[C@H]1SCc1ccccc1Cl. The van der Waals surface area contributed by atoms with Crippen LogP contribution in [0, 0.1) is 13.8 Å². The number of anilines is 1. The molecule has 150 valence electrons. The Hall–Kier alpha value is -1.10. The van der Waals surface area contributed by atoms with Crippen molar-refractivity contribution in [3.05, 3.63) is 64.2 Å². The molecule has 0 heterocycles. The van der Waals surface area contributed by atoms with Crippen molar-refractivity contribution in [1.29, 1.82) is 0 Å². The zero-order valence-electron chi connectivity index (χ0n) is 16.5. The van der Waals surface area contributed by atoms with Crippen molar-refractivity contribution in [2.75, 3.05) is 11.1 Å². The number of benzene rings is 2. The number of aryl methyl sites for hydroxylation is 2. The number of nitrogens with one attached hydrogen (secondary N) is 1. The van der Waals surface area contributed by atoms with Crippen molar-refractivity contribution in [3.63, 3.8) is 0 Å². The molecule has 0 saturated heterocycles. The Kier molecular flexibility index (Phi) is 8.19. The van der Waals surface area contributed by atoms with Gasteiger partial charge in [0.1, 0.15) is 0 Å². The van der Waals surface area contributed by atoms with E-state index in [-0.39, 0.29) is 5.91 Å². The first kappa shape index (κ1) is 21.6. The highest BCUT2D eigenvalue weighted by atomic mass is 35.5. The maximum atomic E-state index is 12.5. The lowest BCUT2D eigenvalue weighted by molar-refractivity contribution is -0.113. The summed E-state index contributed by atoms with van der Waals surface area (Å²) >= 11 is 10.1. The van der Waals surface area contributed by atoms with Crippen LogP contribution < -0.4 is 5.32 Å². The second-order valence-corrected chi connectivity index (χ2v) is 10.3. The van der Waals surface area contributed by atoms with Crippen LogP contribution >= 0.6 is 35.1 Å². The standard InChI is InChI=1S/C23H28ClNOS2/c1-16-8-7-9-17(2)23(16)25-22(26)15-28-21-13-6-5-12-20(21)27-14-18-10-3-4-11-19(18)24/h3-4,7-11,20-21H,5-6,12-15H2,1-2H3,(H,25,26)/t20-,21-/m1/s1. The van der Waals surface area contributed by atoms with Crippen LogP contribution in [0.1, 0.15) is 42.4 Å². The Morgan fingerprint density at radius 3 is 2.32 bits per heavy atom. The van der Waals surface area contributed by atoms with Crippen LogP contribution in [0.15, 0.2) is 42.5 Å². The average Bonchev–Trinajstić information content (AvgIpc) is 2.69. The van der Waals surface area contributed by atoms with Gasteiger partial charge in [0.2, 0.25) is 5.91 Å². The van der Waals surface area contributed by atoms with E-state index in [9.17, 15) is 4.79 Å². The third-order valence-electron chi connectivity index (χ3n) is 5.23. The predicted octanol–water partition coefficient (Wildman–Crippen LogP) is 6.87. The molecule has 1 aliphatic rings. The number of amides is 1. The molecule has 2 aromatic rings. The van der Waals surface area contributed by atoms with Gasteiger partial charge in [0.05, 0.1) is 5.75 Å². The summed E-state index contributed by atoms with van der Waals surface area (Å²) in [6.07, 6.45) is 4.97. The van der Waals surface area contributed by atoms with Crippen LogP contribution in [-0.2, 0) is 10.5 Å². The molecule has 2 nitrogen and oxygen atoms in total. The topological polar surface area (TPSA) is 29.1 Å². The maximum absolute atomic E-state index is 12.5. The van der Waals surface area contributed by atoms with Crippen LogP contribution in [0.5, 0.6) is 0 Å². The number of para-hydroxylation sites is 1. The molecule has 0 aromatic heterocycles. The Balaban J connectivity index is 1.53. The Labute approximate surface area is 182 Å². The zero-order chi connectivity index (χ0) is 19.9. The van der Waals surface area contributed by atoms with Gasteiger partial charge in [0.15, 0.2) is 0 Å². The molecule has 2 atom stereocenters. The molecule has 0 aliphatic heterocycles. The summed E-state index contributed by atoms with van der Waals surface area (Å²) in [5.41, 5.74) is 4.39. The van der Waals surface area contributed by atoms with Crippen LogP contribution in [0.4, 0.5) is 5.69 Å². The molecule has 0 bridgehead atoms. The summed E-state index contributed by atoms with van der Waals surface area (Å²) in [7, 11) is 0. The van der Waals surface area contributed by atoms with Crippen LogP contribution in [-0.4, -0.2) is 22.2 Å². The molecule has 1 fully saturated rings. The van der Waals surface area contributed by atoms with Gasteiger partial charge in [-0.25, -0.2) is 0 Å². The highest BCUT2D eigenvalue weighted by Crippen LogP contribution is 2.38. The number of rotatable bonds is 7. The maximum Gasteiger partial charge on any atom is 0.234 e. The molecule has 0 radical (unpaired) electrons. The fourth-order valence-electron chi connectivity index (χ4n) is 3.63. The molecule has 5 heteroatoms.